The Labute approximate surface area is 108 Å². The van der Waals surface area contributed by atoms with Gasteiger partial charge in [-0.3, -0.25) is 0 Å². The number of aliphatic hydroxyl groups excluding tert-OH is 1. The van der Waals surface area contributed by atoms with E-state index in [9.17, 15) is 8.78 Å². The zero-order valence-electron chi connectivity index (χ0n) is 10.2. The van der Waals surface area contributed by atoms with Crippen LogP contribution in [0.3, 0.4) is 0 Å². The van der Waals surface area contributed by atoms with E-state index in [1.54, 1.807) is 24.3 Å². The minimum atomic E-state index is -0.897. The number of nitrogens with one attached hydrogen (secondary N) is 1. The number of nitrogens with zero attached hydrogens (tertiary/aromatic N) is 1. The smallest absolute Gasteiger partial charge is 0.258 e. The van der Waals surface area contributed by atoms with E-state index >= 15 is 0 Å². The lowest BCUT2D eigenvalue weighted by Crippen LogP contribution is -2.01. The summed E-state index contributed by atoms with van der Waals surface area (Å²) in [7, 11) is 1.47. The number of halogens is 2. The molecule has 0 saturated carbocycles. The molecule has 0 radical (unpaired) electrons. The molecule has 1 heterocycles. The highest BCUT2D eigenvalue weighted by Gasteiger charge is 2.13. The first-order valence-electron chi connectivity index (χ1n) is 5.55. The van der Waals surface area contributed by atoms with Gasteiger partial charge in [-0.25, -0.2) is 8.78 Å². The Morgan fingerprint density at radius 3 is 2.74 bits per heavy atom. The largest absolute Gasteiger partial charge is 0.436 e. The van der Waals surface area contributed by atoms with Gasteiger partial charge in [-0.15, -0.1) is 0 Å². The van der Waals surface area contributed by atoms with Crippen molar-refractivity contribution in [3.8, 4) is 11.6 Å². The molecule has 0 unspecified atom stereocenters. The van der Waals surface area contributed by atoms with Crippen molar-refractivity contribution in [1.82, 2.24) is 4.98 Å². The van der Waals surface area contributed by atoms with Crippen LogP contribution in [0.1, 0.15) is 5.56 Å². The summed E-state index contributed by atoms with van der Waals surface area (Å²) in [5.41, 5.74) is 0.619. The van der Waals surface area contributed by atoms with Crippen LogP contribution in [0.25, 0.3) is 0 Å². The fourth-order valence-corrected chi connectivity index (χ4v) is 1.52. The molecule has 0 aliphatic carbocycles. The predicted molar refractivity (Wildman–Crippen MR) is 66.1 cm³/mol. The molecule has 1 aromatic heterocycles. The molecule has 0 atom stereocenters. The number of anilines is 1. The molecule has 0 spiro atoms. The number of pyridine rings is 1. The van der Waals surface area contributed by atoms with Gasteiger partial charge in [-0.2, -0.15) is 4.98 Å². The molecular formula is C13H12F2N2O2. The van der Waals surface area contributed by atoms with Crippen LogP contribution in [-0.4, -0.2) is 17.1 Å². The lowest BCUT2D eigenvalue weighted by atomic mass is 10.2. The average molecular weight is 266 g/mol. The summed E-state index contributed by atoms with van der Waals surface area (Å²) in [6, 6.07) is 7.18. The molecular weight excluding hydrogens is 254 g/mol. The Bertz CT molecular complexity index is 591. The van der Waals surface area contributed by atoms with Crippen molar-refractivity contribution in [3.05, 3.63) is 47.5 Å². The summed E-state index contributed by atoms with van der Waals surface area (Å²) in [5, 5.41) is 11.5. The van der Waals surface area contributed by atoms with E-state index in [2.05, 4.69) is 10.3 Å². The number of ether oxygens (including phenoxy) is 1. The lowest BCUT2D eigenvalue weighted by molar-refractivity contribution is 0.281. The van der Waals surface area contributed by atoms with Gasteiger partial charge >= 0.3 is 0 Å². The number of aliphatic hydroxyl groups is 1. The first-order chi connectivity index (χ1) is 9.13. The van der Waals surface area contributed by atoms with Gasteiger partial charge in [0.15, 0.2) is 17.5 Å². The number of benzene rings is 1. The number of hydrogen-bond donors (Lipinski definition) is 2. The Morgan fingerprint density at radius 1 is 1.26 bits per heavy atom. The van der Waals surface area contributed by atoms with Crippen molar-refractivity contribution in [2.45, 2.75) is 6.61 Å². The van der Waals surface area contributed by atoms with Gasteiger partial charge in [0.05, 0.1) is 6.61 Å². The summed E-state index contributed by atoms with van der Waals surface area (Å²) in [6.45, 7) is -0.154. The Kier molecular flexibility index (Phi) is 3.91. The minimum absolute atomic E-state index is 0.102. The van der Waals surface area contributed by atoms with Gasteiger partial charge in [0.25, 0.3) is 5.88 Å². The van der Waals surface area contributed by atoms with Crippen LogP contribution < -0.4 is 10.1 Å². The summed E-state index contributed by atoms with van der Waals surface area (Å²) in [4.78, 5) is 3.70. The molecule has 6 heteroatoms. The van der Waals surface area contributed by atoms with Gasteiger partial charge in [0.1, 0.15) is 5.75 Å². The van der Waals surface area contributed by atoms with Gasteiger partial charge in [0, 0.05) is 13.1 Å². The second-order valence-corrected chi connectivity index (χ2v) is 3.76. The van der Waals surface area contributed by atoms with E-state index < -0.39 is 11.6 Å². The van der Waals surface area contributed by atoms with Crippen molar-refractivity contribution in [3.63, 3.8) is 0 Å². The fourth-order valence-electron chi connectivity index (χ4n) is 1.52. The molecule has 0 bridgehead atoms. The fraction of sp³-hybridized carbons (Fsp3) is 0.154. The third-order valence-electron chi connectivity index (χ3n) is 2.43. The van der Waals surface area contributed by atoms with E-state index in [0.29, 0.717) is 17.4 Å². The van der Waals surface area contributed by atoms with Crippen LogP contribution in [0.15, 0.2) is 30.3 Å². The van der Waals surface area contributed by atoms with Gasteiger partial charge in [-0.1, -0.05) is 12.1 Å². The maximum absolute atomic E-state index is 13.5. The third kappa shape index (κ3) is 2.97. The number of rotatable bonds is 4. The van der Waals surface area contributed by atoms with Crippen LogP contribution in [-0.2, 0) is 6.61 Å². The van der Waals surface area contributed by atoms with Crippen molar-refractivity contribution in [2.75, 3.05) is 12.4 Å². The van der Waals surface area contributed by atoms with Crippen LogP contribution in [0, 0.1) is 11.6 Å². The van der Waals surface area contributed by atoms with Crippen LogP contribution in [0.2, 0.25) is 0 Å². The average Bonchev–Trinajstić information content (AvgIpc) is 2.42. The molecule has 4 nitrogen and oxygen atoms in total. The molecule has 0 fully saturated rings. The highest BCUT2D eigenvalue weighted by Crippen LogP contribution is 2.26. The quantitative estimate of drug-likeness (QED) is 0.893. The van der Waals surface area contributed by atoms with E-state index in [-0.39, 0.29) is 18.3 Å². The SMILES string of the molecule is CNc1nc(Oc2cccc(CO)c2)c(F)cc1F. The van der Waals surface area contributed by atoms with E-state index in [1.807, 2.05) is 0 Å². The van der Waals surface area contributed by atoms with Crippen molar-refractivity contribution >= 4 is 5.82 Å². The Hall–Kier alpha value is -2.21. The lowest BCUT2D eigenvalue weighted by Gasteiger charge is -2.09. The monoisotopic (exact) mass is 266 g/mol. The summed E-state index contributed by atoms with van der Waals surface area (Å²) >= 11 is 0. The molecule has 1 aromatic carbocycles. The highest BCUT2D eigenvalue weighted by atomic mass is 19.1. The normalized spacial score (nSPS) is 10.3. The molecule has 0 amide bonds. The van der Waals surface area contributed by atoms with Crippen molar-refractivity contribution < 1.29 is 18.6 Å². The highest BCUT2D eigenvalue weighted by molar-refractivity contribution is 5.40. The standard InChI is InChI=1S/C13H12F2N2O2/c1-16-12-10(14)6-11(15)13(17-12)19-9-4-2-3-8(5-9)7-18/h2-6,18H,7H2,1H3,(H,16,17). The second kappa shape index (κ2) is 5.62. The molecule has 0 saturated heterocycles. The van der Waals surface area contributed by atoms with Crippen molar-refractivity contribution in [2.24, 2.45) is 0 Å². The van der Waals surface area contributed by atoms with Crippen molar-refractivity contribution in [1.29, 1.82) is 0 Å². The summed E-state index contributed by atoms with van der Waals surface area (Å²) < 4.78 is 32.0. The molecule has 0 aliphatic heterocycles. The minimum Gasteiger partial charge on any atom is -0.436 e. The summed E-state index contributed by atoms with van der Waals surface area (Å²) in [5.74, 6) is -1.82. The third-order valence-corrected chi connectivity index (χ3v) is 2.43. The van der Waals surface area contributed by atoms with Gasteiger partial charge < -0.3 is 15.2 Å². The van der Waals surface area contributed by atoms with Crippen LogP contribution >= 0.6 is 0 Å². The molecule has 19 heavy (non-hydrogen) atoms. The zero-order valence-corrected chi connectivity index (χ0v) is 10.2. The maximum Gasteiger partial charge on any atom is 0.258 e. The first kappa shape index (κ1) is 13.2. The van der Waals surface area contributed by atoms with E-state index in [4.69, 9.17) is 9.84 Å². The van der Waals surface area contributed by atoms with E-state index in [1.165, 1.54) is 7.05 Å². The molecule has 2 rings (SSSR count). The first-order valence-corrected chi connectivity index (χ1v) is 5.55. The van der Waals surface area contributed by atoms with Crippen LogP contribution in [0.4, 0.5) is 14.6 Å². The molecule has 0 aliphatic rings. The van der Waals surface area contributed by atoms with Gasteiger partial charge in [-0.05, 0) is 17.7 Å². The van der Waals surface area contributed by atoms with Gasteiger partial charge in [0.2, 0.25) is 0 Å². The topological polar surface area (TPSA) is 54.4 Å². The second-order valence-electron chi connectivity index (χ2n) is 3.76. The Balaban J connectivity index is 2.32. The molecule has 2 N–H and O–H groups in total. The predicted octanol–water partition coefficient (Wildman–Crippen LogP) is 2.69. The van der Waals surface area contributed by atoms with E-state index in [0.717, 1.165) is 0 Å². The molecule has 100 valence electrons. The number of hydrogen-bond acceptors (Lipinski definition) is 4. The summed E-state index contributed by atoms with van der Waals surface area (Å²) in [6.07, 6.45) is 0. The maximum atomic E-state index is 13.5. The number of aromatic nitrogens is 1. The molecule has 2 aromatic rings. The zero-order chi connectivity index (χ0) is 13.8. The Morgan fingerprint density at radius 2 is 2.05 bits per heavy atom. The van der Waals surface area contributed by atoms with Crippen LogP contribution in [0.5, 0.6) is 11.6 Å².